The van der Waals surface area contributed by atoms with Gasteiger partial charge in [0.15, 0.2) is 0 Å². The lowest BCUT2D eigenvalue weighted by molar-refractivity contribution is 0.102. The maximum Gasteiger partial charge on any atom is 0.413 e. The first-order valence-electron chi connectivity index (χ1n) is 11.0. The van der Waals surface area contributed by atoms with E-state index in [1.54, 1.807) is 50.4 Å². The number of benzene rings is 2. The Morgan fingerprint density at radius 2 is 1.73 bits per heavy atom. The maximum absolute atomic E-state index is 13.2. The number of nitrogens with zero attached hydrogens (tertiary/aromatic N) is 2. The Kier molecular flexibility index (Phi) is 7.76. The van der Waals surface area contributed by atoms with Gasteiger partial charge < -0.3 is 10.1 Å². The van der Waals surface area contributed by atoms with Crippen LogP contribution in [0.5, 0.6) is 0 Å². The molecule has 0 bridgehead atoms. The molecular weight excluding hydrogens is 442 g/mol. The minimum atomic E-state index is -3.68. The third-order valence-electron chi connectivity index (χ3n) is 5.62. The number of sulfonamides is 1. The van der Waals surface area contributed by atoms with E-state index in [4.69, 9.17) is 4.74 Å². The average Bonchev–Trinajstić information content (AvgIpc) is 2.78. The largest absolute Gasteiger partial charge is 0.449 e. The Labute approximate surface area is 195 Å². The van der Waals surface area contributed by atoms with E-state index >= 15 is 0 Å². The van der Waals surface area contributed by atoms with Gasteiger partial charge >= 0.3 is 6.09 Å². The van der Waals surface area contributed by atoms with Crippen LogP contribution >= 0.6 is 0 Å². The van der Waals surface area contributed by atoms with Crippen LogP contribution in [0.3, 0.4) is 0 Å². The summed E-state index contributed by atoms with van der Waals surface area (Å²) in [6.45, 7) is 7.08. The third kappa shape index (κ3) is 5.91. The second-order valence-corrected chi connectivity index (χ2v) is 10.5. The van der Waals surface area contributed by atoms with Crippen LogP contribution in [0.25, 0.3) is 0 Å². The standard InChI is InChI=1S/C24H31N3O5S/c1-5-32-24(29)26(4)21-11-9-20(10-12-21)25-23(28)19-7-6-8-22(14-19)33(30,31)27-15-17(2)13-18(3)16-27/h6-12,14,17-18H,5,13,15-16H2,1-4H3,(H,25,28). The summed E-state index contributed by atoms with van der Waals surface area (Å²) in [7, 11) is -2.08. The molecule has 0 spiro atoms. The summed E-state index contributed by atoms with van der Waals surface area (Å²) in [4.78, 5) is 26.1. The molecule has 1 N–H and O–H groups in total. The second kappa shape index (κ2) is 10.4. The van der Waals surface area contributed by atoms with Crippen molar-refractivity contribution in [3.8, 4) is 0 Å². The normalized spacial score (nSPS) is 19.0. The van der Waals surface area contributed by atoms with Crippen molar-refractivity contribution in [2.75, 3.05) is 37.0 Å². The number of piperidine rings is 1. The van der Waals surface area contributed by atoms with E-state index in [0.29, 0.717) is 36.3 Å². The molecular formula is C24H31N3O5S. The van der Waals surface area contributed by atoms with Gasteiger partial charge in [0.25, 0.3) is 5.91 Å². The molecule has 8 nitrogen and oxygen atoms in total. The molecule has 1 aliphatic heterocycles. The lowest BCUT2D eigenvalue weighted by Crippen LogP contribution is -2.42. The van der Waals surface area contributed by atoms with E-state index in [1.165, 1.54) is 21.3 Å². The molecule has 2 aromatic rings. The van der Waals surface area contributed by atoms with Crippen molar-refractivity contribution in [3.05, 3.63) is 54.1 Å². The van der Waals surface area contributed by atoms with E-state index in [-0.39, 0.29) is 17.1 Å². The van der Waals surface area contributed by atoms with Crippen molar-refractivity contribution in [1.29, 1.82) is 0 Å². The van der Waals surface area contributed by atoms with Gasteiger partial charge in [-0.3, -0.25) is 9.69 Å². The molecule has 1 saturated heterocycles. The zero-order valence-corrected chi connectivity index (χ0v) is 20.3. The minimum absolute atomic E-state index is 0.114. The molecule has 2 amide bonds. The summed E-state index contributed by atoms with van der Waals surface area (Å²) < 4.78 is 32.8. The molecule has 2 atom stereocenters. The fourth-order valence-corrected chi connectivity index (χ4v) is 5.77. The van der Waals surface area contributed by atoms with Gasteiger partial charge in [-0.2, -0.15) is 4.31 Å². The highest BCUT2D eigenvalue weighted by atomic mass is 32.2. The first-order chi connectivity index (χ1) is 15.6. The van der Waals surface area contributed by atoms with Crippen LogP contribution in [-0.4, -0.2) is 51.5 Å². The topological polar surface area (TPSA) is 96.0 Å². The Balaban J connectivity index is 1.73. The van der Waals surface area contributed by atoms with E-state index in [9.17, 15) is 18.0 Å². The molecule has 1 heterocycles. The summed E-state index contributed by atoms with van der Waals surface area (Å²) in [6, 6.07) is 12.8. The van der Waals surface area contributed by atoms with Gasteiger partial charge in [0.2, 0.25) is 10.0 Å². The van der Waals surface area contributed by atoms with Crippen LogP contribution in [0.4, 0.5) is 16.2 Å². The number of hydrogen-bond donors (Lipinski definition) is 1. The number of rotatable bonds is 6. The van der Waals surface area contributed by atoms with Gasteiger partial charge in [-0.05, 0) is 67.6 Å². The number of carbonyl (C=O) groups is 2. The zero-order valence-electron chi connectivity index (χ0n) is 19.4. The van der Waals surface area contributed by atoms with Crippen LogP contribution in [0.1, 0.15) is 37.6 Å². The third-order valence-corrected chi connectivity index (χ3v) is 7.45. The van der Waals surface area contributed by atoms with Gasteiger partial charge in [-0.25, -0.2) is 13.2 Å². The van der Waals surface area contributed by atoms with Gasteiger partial charge in [-0.15, -0.1) is 0 Å². The van der Waals surface area contributed by atoms with Crippen LogP contribution in [0.15, 0.2) is 53.4 Å². The molecule has 178 valence electrons. The molecule has 0 saturated carbocycles. The highest BCUT2D eigenvalue weighted by Crippen LogP contribution is 2.27. The molecule has 3 rings (SSSR count). The zero-order chi connectivity index (χ0) is 24.2. The van der Waals surface area contributed by atoms with Crippen molar-refractivity contribution < 1.29 is 22.7 Å². The van der Waals surface area contributed by atoms with Gasteiger partial charge in [0.1, 0.15) is 0 Å². The quantitative estimate of drug-likeness (QED) is 0.678. The van der Waals surface area contributed by atoms with Crippen molar-refractivity contribution >= 4 is 33.4 Å². The summed E-state index contributed by atoms with van der Waals surface area (Å²) in [5.74, 6) is 0.167. The van der Waals surface area contributed by atoms with Crippen LogP contribution in [-0.2, 0) is 14.8 Å². The Hall–Kier alpha value is -2.91. The first kappa shape index (κ1) is 24.7. The fraction of sp³-hybridized carbons (Fsp3) is 0.417. The minimum Gasteiger partial charge on any atom is -0.449 e. The molecule has 33 heavy (non-hydrogen) atoms. The predicted octanol–water partition coefficient (Wildman–Crippen LogP) is 4.20. The average molecular weight is 474 g/mol. The van der Waals surface area contributed by atoms with E-state index in [1.807, 2.05) is 0 Å². The van der Waals surface area contributed by atoms with E-state index < -0.39 is 22.0 Å². The van der Waals surface area contributed by atoms with Gasteiger partial charge in [0.05, 0.1) is 11.5 Å². The number of amides is 2. The molecule has 0 aromatic heterocycles. The maximum atomic E-state index is 13.2. The smallest absolute Gasteiger partial charge is 0.413 e. The molecule has 2 unspecified atom stereocenters. The summed E-state index contributed by atoms with van der Waals surface area (Å²) >= 11 is 0. The molecule has 2 aromatic carbocycles. The lowest BCUT2D eigenvalue weighted by atomic mass is 9.94. The Morgan fingerprint density at radius 1 is 1.09 bits per heavy atom. The number of ether oxygens (including phenoxy) is 1. The monoisotopic (exact) mass is 473 g/mol. The molecule has 1 aliphatic rings. The highest BCUT2D eigenvalue weighted by molar-refractivity contribution is 7.89. The second-order valence-electron chi connectivity index (χ2n) is 8.55. The van der Waals surface area contributed by atoms with Crippen molar-refractivity contribution in [1.82, 2.24) is 4.31 Å². The number of nitrogens with one attached hydrogen (secondary N) is 1. The lowest BCUT2D eigenvalue weighted by Gasteiger charge is -2.34. The van der Waals surface area contributed by atoms with Crippen LogP contribution in [0.2, 0.25) is 0 Å². The summed E-state index contributed by atoms with van der Waals surface area (Å²) in [5.41, 5.74) is 1.39. The van der Waals surface area contributed by atoms with Crippen molar-refractivity contribution in [2.45, 2.75) is 32.1 Å². The Morgan fingerprint density at radius 3 is 2.33 bits per heavy atom. The summed E-state index contributed by atoms with van der Waals surface area (Å²) in [6.07, 6.45) is 0.535. The fourth-order valence-electron chi connectivity index (χ4n) is 4.05. The first-order valence-corrected chi connectivity index (χ1v) is 12.5. The van der Waals surface area contributed by atoms with E-state index in [0.717, 1.165) is 6.42 Å². The highest BCUT2D eigenvalue weighted by Gasteiger charge is 2.32. The summed E-state index contributed by atoms with van der Waals surface area (Å²) in [5, 5.41) is 2.77. The van der Waals surface area contributed by atoms with Crippen LogP contribution < -0.4 is 10.2 Å². The predicted molar refractivity (Wildman–Crippen MR) is 128 cm³/mol. The molecule has 0 radical (unpaired) electrons. The SMILES string of the molecule is CCOC(=O)N(C)c1ccc(NC(=O)c2cccc(S(=O)(=O)N3CC(C)CC(C)C3)c2)cc1. The van der Waals surface area contributed by atoms with Gasteiger partial charge in [-0.1, -0.05) is 19.9 Å². The molecule has 0 aliphatic carbocycles. The van der Waals surface area contributed by atoms with Crippen molar-refractivity contribution in [3.63, 3.8) is 0 Å². The Bertz CT molecular complexity index is 1090. The van der Waals surface area contributed by atoms with E-state index in [2.05, 4.69) is 19.2 Å². The number of anilines is 2. The number of carbonyl (C=O) groups excluding carboxylic acids is 2. The molecule has 9 heteroatoms. The van der Waals surface area contributed by atoms with Crippen LogP contribution in [0, 0.1) is 11.8 Å². The van der Waals surface area contributed by atoms with Gasteiger partial charge in [0, 0.05) is 37.1 Å². The van der Waals surface area contributed by atoms with Crippen molar-refractivity contribution in [2.24, 2.45) is 11.8 Å². The number of hydrogen-bond acceptors (Lipinski definition) is 5. The molecule has 1 fully saturated rings.